The fraction of sp³-hybridized carbons (Fsp3) is 0.870. The number of hydrogen-bond acceptors (Lipinski definition) is 2. The molecule has 0 saturated heterocycles. The van der Waals surface area contributed by atoms with Gasteiger partial charge in [0.2, 0.25) is 6.23 Å². The van der Waals surface area contributed by atoms with E-state index in [1.54, 1.807) is 0 Å². The smallest absolute Gasteiger partial charge is 0.334 e. The van der Waals surface area contributed by atoms with Crippen LogP contribution in [0.15, 0.2) is 12.7 Å². The second-order valence-corrected chi connectivity index (χ2v) is 8.34. The van der Waals surface area contributed by atoms with E-state index in [0.29, 0.717) is 0 Å². The number of carbonyl (C=O) groups is 1. The first-order valence-corrected chi connectivity index (χ1v) is 11.1. The van der Waals surface area contributed by atoms with Crippen LogP contribution in [0.5, 0.6) is 0 Å². The summed E-state index contributed by atoms with van der Waals surface area (Å²) in [5.41, 5.74) is 0. The zero-order chi connectivity index (χ0) is 19.7. The van der Waals surface area contributed by atoms with Crippen molar-refractivity contribution in [2.24, 2.45) is 0 Å². The Morgan fingerprint density at radius 3 is 1.59 bits per heavy atom. The maximum absolute atomic E-state index is 11.3. The van der Waals surface area contributed by atoms with Gasteiger partial charge in [0.15, 0.2) is 0 Å². The van der Waals surface area contributed by atoms with Crippen LogP contribution in [0.1, 0.15) is 104 Å². The van der Waals surface area contributed by atoms with E-state index < -0.39 is 0 Å². The van der Waals surface area contributed by atoms with Crippen LogP contribution in [0.2, 0.25) is 0 Å². The van der Waals surface area contributed by atoms with Gasteiger partial charge in [0.1, 0.15) is 0 Å². The molecular weight excluding hydrogens is 358 g/mol. The number of quaternary nitrogens is 1. The summed E-state index contributed by atoms with van der Waals surface area (Å²) in [4.78, 5) is 11.3. The molecule has 0 radical (unpaired) electrons. The van der Waals surface area contributed by atoms with E-state index in [9.17, 15) is 4.79 Å². The monoisotopic (exact) mass is 403 g/mol. The van der Waals surface area contributed by atoms with Gasteiger partial charge in [-0.1, -0.05) is 90.6 Å². The van der Waals surface area contributed by atoms with Crippen molar-refractivity contribution in [3.05, 3.63) is 12.7 Å². The number of halogens is 1. The first kappa shape index (κ1) is 28.7. The first-order valence-electron chi connectivity index (χ1n) is 11.1. The Labute approximate surface area is 175 Å². The summed E-state index contributed by atoms with van der Waals surface area (Å²) in [5.74, 6) is -0.329. The van der Waals surface area contributed by atoms with E-state index in [0.717, 1.165) is 11.0 Å². The summed E-state index contributed by atoms with van der Waals surface area (Å²) in [6.45, 7) is 8.74. The van der Waals surface area contributed by atoms with Crippen molar-refractivity contribution in [2.45, 2.75) is 110 Å². The van der Waals surface area contributed by atoms with Gasteiger partial charge in [-0.3, -0.25) is 4.48 Å². The lowest BCUT2D eigenvalue weighted by molar-refractivity contribution is -0.932. The molecular formula is C23H46ClNO2. The van der Waals surface area contributed by atoms with Crippen LogP contribution in [0, 0.1) is 0 Å². The van der Waals surface area contributed by atoms with Gasteiger partial charge < -0.3 is 17.1 Å². The topological polar surface area (TPSA) is 26.3 Å². The summed E-state index contributed by atoms with van der Waals surface area (Å²) in [6, 6.07) is 0. The molecule has 4 heteroatoms. The van der Waals surface area contributed by atoms with Crippen LogP contribution in [-0.2, 0) is 9.53 Å². The summed E-state index contributed by atoms with van der Waals surface area (Å²) in [5, 5.41) is 0. The van der Waals surface area contributed by atoms with E-state index in [4.69, 9.17) is 4.74 Å². The fourth-order valence-electron chi connectivity index (χ4n) is 3.25. The molecule has 0 heterocycles. The highest BCUT2D eigenvalue weighted by atomic mass is 35.5. The minimum atomic E-state index is -0.329. The molecule has 0 aromatic carbocycles. The molecule has 0 saturated carbocycles. The SMILES string of the molecule is C=CC(=O)OC(C)[N+](C)(C)CCCCCCCCCCCCCCCC.[Cl-]. The molecule has 0 N–H and O–H groups in total. The van der Waals surface area contributed by atoms with Crippen LogP contribution in [-0.4, -0.2) is 37.3 Å². The van der Waals surface area contributed by atoms with E-state index in [1.165, 1.54) is 96.0 Å². The number of ether oxygens (including phenoxy) is 1. The average molecular weight is 404 g/mol. The molecule has 0 spiro atoms. The predicted octanol–water partition coefficient (Wildman–Crippen LogP) is 3.62. The molecule has 3 nitrogen and oxygen atoms in total. The second-order valence-electron chi connectivity index (χ2n) is 8.34. The highest BCUT2D eigenvalue weighted by Gasteiger charge is 2.25. The number of rotatable bonds is 18. The van der Waals surface area contributed by atoms with Crippen molar-refractivity contribution in [2.75, 3.05) is 20.6 Å². The van der Waals surface area contributed by atoms with Crippen molar-refractivity contribution in [1.29, 1.82) is 0 Å². The van der Waals surface area contributed by atoms with Gasteiger partial charge in [-0.15, -0.1) is 0 Å². The first-order chi connectivity index (χ1) is 12.4. The molecule has 0 rings (SSSR count). The Balaban J connectivity index is 0. The van der Waals surface area contributed by atoms with Gasteiger partial charge in [0.05, 0.1) is 20.6 Å². The van der Waals surface area contributed by atoms with Gasteiger partial charge >= 0.3 is 5.97 Å². The maximum Gasteiger partial charge on any atom is 0.334 e. The van der Waals surface area contributed by atoms with Crippen LogP contribution in [0.4, 0.5) is 0 Å². The summed E-state index contributed by atoms with van der Waals surface area (Å²) in [7, 11) is 4.26. The molecule has 0 aromatic heterocycles. The Morgan fingerprint density at radius 1 is 0.852 bits per heavy atom. The molecule has 0 aliphatic carbocycles. The standard InChI is InChI=1S/C23H46NO2.ClH/c1-6-8-9-10-11-12-13-14-15-16-17-18-19-20-21-24(4,5)22(3)26-23(25)7-2;/h7,22H,2,6,8-21H2,1,3-5H3;1H/q+1;/p-1. The minimum Gasteiger partial charge on any atom is -1.00 e. The van der Waals surface area contributed by atoms with Crippen molar-refractivity contribution in [1.82, 2.24) is 0 Å². The fourth-order valence-corrected chi connectivity index (χ4v) is 3.25. The Kier molecular flexibility index (Phi) is 20.0. The molecule has 1 atom stereocenters. The van der Waals surface area contributed by atoms with Gasteiger partial charge in [0, 0.05) is 13.0 Å². The van der Waals surface area contributed by atoms with Gasteiger partial charge in [0.25, 0.3) is 0 Å². The van der Waals surface area contributed by atoms with Crippen LogP contribution < -0.4 is 12.4 Å². The molecule has 27 heavy (non-hydrogen) atoms. The third-order valence-corrected chi connectivity index (χ3v) is 5.53. The number of carbonyl (C=O) groups excluding carboxylic acids is 1. The van der Waals surface area contributed by atoms with Crippen molar-refractivity contribution >= 4 is 5.97 Å². The lowest BCUT2D eigenvalue weighted by Crippen LogP contribution is -3.00. The molecule has 162 valence electrons. The van der Waals surface area contributed by atoms with Crippen LogP contribution in [0.3, 0.4) is 0 Å². The molecule has 0 aliphatic heterocycles. The third kappa shape index (κ3) is 17.3. The summed E-state index contributed by atoms with van der Waals surface area (Å²) >= 11 is 0. The Hall–Kier alpha value is -0.540. The van der Waals surface area contributed by atoms with E-state index in [-0.39, 0.29) is 24.6 Å². The number of nitrogens with zero attached hydrogens (tertiary/aromatic N) is 1. The molecule has 0 amide bonds. The quantitative estimate of drug-likeness (QED) is 0.115. The Bertz CT molecular complexity index is 358. The van der Waals surface area contributed by atoms with Gasteiger partial charge in [-0.05, 0) is 12.8 Å². The molecule has 0 aliphatic rings. The van der Waals surface area contributed by atoms with E-state index in [2.05, 4.69) is 27.6 Å². The lowest BCUT2D eigenvalue weighted by atomic mass is 10.0. The largest absolute Gasteiger partial charge is 1.00 e. The molecule has 0 aromatic rings. The highest BCUT2D eigenvalue weighted by molar-refractivity contribution is 5.81. The zero-order valence-corrected chi connectivity index (χ0v) is 19.4. The summed E-state index contributed by atoms with van der Waals surface area (Å²) in [6.07, 6.45) is 20.4. The normalized spacial score (nSPS) is 12.3. The van der Waals surface area contributed by atoms with Crippen molar-refractivity contribution < 1.29 is 26.4 Å². The molecule has 0 bridgehead atoms. The van der Waals surface area contributed by atoms with E-state index >= 15 is 0 Å². The maximum atomic E-state index is 11.3. The Morgan fingerprint density at radius 2 is 1.22 bits per heavy atom. The third-order valence-electron chi connectivity index (χ3n) is 5.53. The van der Waals surface area contributed by atoms with Crippen molar-refractivity contribution in [3.63, 3.8) is 0 Å². The second kappa shape index (κ2) is 18.8. The average Bonchev–Trinajstić information content (AvgIpc) is 2.61. The van der Waals surface area contributed by atoms with Crippen LogP contribution in [0.25, 0.3) is 0 Å². The molecule has 1 unspecified atom stereocenters. The number of unbranched alkanes of at least 4 members (excludes halogenated alkanes) is 13. The predicted molar refractivity (Wildman–Crippen MR) is 113 cm³/mol. The zero-order valence-electron chi connectivity index (χ0n) is 18.6. The molecule has 0 fully saturated rings. The van der Waals surface area contributed by atoms with Gasteiger partial charge in [-0.25, -0.2) is 4.79 Å². The number of esters is 1. The van der Waals surface area contributed by atoms with Crippen LogP contribution >= 0.6 is 0 Å². The lowest BCUT2D eigenvalue weighted by Gasteiger charge is -2.34. The number of hydrogen-bond donors (Lipinski definition) is 0. The minimum absolute atomic E-state index is 0. The van der Waals surface area contributed by atoms with Gasteiger partial charge in [-0.2, -0.15) is 0 Å². The highest BCUT2D eigenvalue weighted by Crippen LogP contribution is 2.15. The van der Waals surface area contributed by atoms with Crippen molar-refractivity contribution in [3.8, 4) is 0 Å². The summed E-state index contributed by atoms with van der Waals surface area (Å²) < 4.78 is 6.07. The van der Waals surface area contributed by atoms with E-state index in [1.807, 2.05) is 6.92 Å².